The number of carbonyl (C=O) groups excluding carboxylic acids is 1. The van der Waals surface area contributed by atoms with Crippen LogP contribution in [0.4, 0.5) is 5.69 Å². The maximum absolute atomic E-state index is 12.1. The molecule has 2 aromatic carbocycles. The predicted molar refractivity (Wildman–Crippen MR) is 107 cm³/mol. The summed E-state index contributed by atoms with van der Waals surface area (Å²) in [5.74, 6) is -0.270. The smallest absolute Gasteiger partial charge is 0.248 e. The van der Waals surface area contributed by atoms with Gasteiger partial charge in [0.2, 0.25) is 15.9 Å². The molecule has 0 fully saturated rings. The molecule has 0 saturated carbocycles. The normalized spacial score (nSPS) is 11.9. The summed E-state index contributed by atoms with van der Waals surface area (Å²) < 4.78 is 30.6. The monoisotopic (exact) mass is 388 g/mol. The molecule has 2 aromatic rings. The molecule has 7 heteroatoms. The number of anilines is 1. The Balaban J connectivity index is 2.00. The minimum absolute atomic E-state index is 0.209. The summed E-state index contributed by atoms with van der Waals surface area (Å²) in [6, 6.07) is 13.8. The van der Waals surface area contributed by atoms with Crippen LogP contribution < -0.4 is 5.32 Å². The largest absolute Gasteiger partial charge is 0.377 e. The van der Waals surface area contributed by atoms with Crippen LogP contribution in [0, 0.1) is 0 Å². The van der Waals surface area contributed by atoms with E-state index < -0.39 is 10.0 Å². The van der Waals surface area contributed by atoms with Gasteiger partial charge in [-0.15, -0.1) is 0 Å². The molecule has 0 saturated heterocycles. The van der Waals surface area contributed by atoms with E-state index in [1.807, 2.05) is 31.2 Å². The van der Waals surface area contributed by atoms with Crippen molar-refractivity contribution in [1.82, 2.24) is 4.31 Å². The van der Waals surface area contributed by atoms with Gasteiger partial charge in [-0.25, -0.2) is 12.7 Å². The fourth-order valence-electron chi connectivity index (χ4n) is 2.28. The van der Waals surface area contributed by atoms with Gasteiger partial charge < -0.3 is 10.1 Å². The summed E-state index contributed by atoms with van der Waals surface area (Å²) in [5, 5.41) is 2.80. The first kappa shape index (κ1) is 20.8. The third kappa shape index (κ3) is 6.02. The van der Waals surface area contributed by atoms with Crippen LogP contribution in [0.3, 0.4) is 0 Å². The summed E-state index contributed by atoms with van der Waals surface area (Å²) in [6.07, 6.45) is 3.04. The van der Waals surface area contributed by atoms with Crippen LogP contribution in [-0.4, -0.2) is 39.3 Å². The lowest BCUT2D eigenvalue weighted by Gasteiger charge is -2.11. The Labute approximate surface area is 160 Å². The lowest BCUT2D eigenvalue weighted by atomic mass is 10.2. The minimum atomic E-state index is -3.46. The Kier molecular flexibility index (Phi) is 7.29. The third-order valence-electron chi connectivity index (χ3n) is 3.75. The summed E-state index contributed by atoms with van der Waals surface area (Å²) in [4.78, 5) is 12.3. The van der Waals surface area contributed by atoms with Crippen molar-refractivity contribution in [2.75, 3.05) is 26.0 Å². The van der Waals surface area contributed by atoms with Crippen LogP contribution >= 0.6 is 0 Å². The summed E-state index contributed by atoms with van der Waals surface area (Å²) >= 11 is 0. The third-order valence-corrected chi connectivity index (χ3v) is 5.58. The van der Waals surface area contributed by atoms with E-state index in [1.165, 1.54) is 32.3 Å². The van der Waals surface area contributed by atoms with E-state index >= 15 is 0 Å². The van der Waals surface area contributed by atoms with E-state index in [4.69, 9.17) is 4.74 Å². The average Bonchev–Trinajstić information content (AvgIpc) is 2.65. The number of hydrogen-bond acceptors (Lipinski definition) is 4. The molecule has 0 aliphatic carbocycles. The fourth-order valence-corrected chi connectivity index (χ4v) is 3.18. The maximum atomic E-state index is 12.1. The van der Waals surface area contributed by atoms with Crippen LogP contribution in [0.1, 0.15) is 18.1 Å². The van der Waals surface area contributed by atoms with E-state index in [1.54, 1.807) is 18.2 Å². The molecule has 6 nitrogen and oxygen atoms in total. The lowest BCUT2D eigenvalue weighted by molar-refractivity contribution is -0.111. The zero-order valence-corrected chi connectivity index (χ0v) is 16.5. The van der Waals surface area contributed by atoms with Crippen LogP contribution in [-0.2, 0) is 26.2 Å². The predicted octanol–water partition coefficient (Wildman–Crippen LogP) is 3.13. The van der Waals surface area contributed by atoms with Gasteiger partial charge in [-0.3, -0.25) is 4.79 Å². The van der Waals surface area contributed by atoms with E-state index in [9.17, 15) is 13.2 Å². The van der Waals surface area contributed by atoms with Gasteiger partial charge in [0.15, 0.2) is 0 Å². The van der Waals surface area contributed by atoms with Crippen LogP contribution in [0.15, 0.2) is 59.5 Å². The van der Waals surface area contributed by atoms with Crippen molar-refractivity contribution in [1.29, 1.82) is 0 Å². The molecule has 0 aliphatic rings. The topological polar surface area (TPSA) is 75.7 Å². The number of amides is 1. The van der Waals surface area contributed by atoms with Crippen molar-refractivity contribution >= 4 is 27.7 Å². The van der Waals surface area contributed by atoms with Gasteiger partial charge in [0.1, 0.15) is 0 Å². The SMILES string of the molecule is CCOCc1cccc(NC(=O)C=Cc2ccc(S(=O)(=O)N(C)C)cc2)c1. The molecular formula is C20H24N2O4S. The number of ether oxygens (including phenoxy) is 1. The molecule has 0 spiro atoms. The highest BCUT2D eigenvalue weighted by molar-refractivity contribution is 7.89. The molecule has 0 unspecified atom stereocenters. The molecule has 0 radical (unpaired) electrons. The first-order valence-electron chi connectivity index (χ1n) is 8.51. The van der Waals surface area contributed by atoms with E-state index in [-0.39, 0.29) is 10.8 Å². The van der Waals surface area contributed by atoms with Gasteiger partial charge in [0, 0.05) is 32.5 Å². The molecule has 0 atom stereocenters. The molecule has 0 aliphatic heterocycles. The Morgan fingerprint density at radius 3 is 2.48 bits per heavy atom. The summed E-state index contributed by atoms with van der Waals surface area (Å²) in [7, 11) is -0.491. The first-order valence-corrected chi connectivity index (χ1v) is 9.95. The van der Waals surface area contributed by atoms with Crippen molar-refractivity contribution in [2.24, 2.45) is 0 Å². The van der Waals surface area contributed by atoms with Crippen molar-refractivity contribution in [3.05, 3.63) is 65.7 Å². The van der Waals surface area contributed by atoms with Gasteiger partial charge in [-0.05, 0) is 48.4 Å². The number of benzene rings is 2. The molecule has 0 bridgehead atoms. The molecule has 2 rings (SSSR count). The van der Waals surface area contributed by atoms with Crippen molar-refractivity contribution in [3.63, 3.8) is 0 Å². The number of carbonyl (C=O) groups is 1. The second-order valence-electron chi connectivity index (χ2n) is 6.02. The second-order valence-corrected chi connectivity index (χ2v) is 8.17. The molecule has 0 heterocycles. The molecule has 0 aromatic heterocycles. The molecular weight excluding hydrogens is 364 g/mol. The van der Waals surface area contributed by atoms with Crippen LogP contribution in [0.5, 0.6) is 0 Å². The van der Waals surface area contributed by atoms with Gasteiger partial charge in [0.05, 0.1) is 11.5 Å². The quantitative estimate of drug-likeness (QED) is 0.705. The van der Waals surface area contributed by atoms with Crippen LogP contribution in [0.2, 0.25) is 0 Å². The summed E-state index contributed by atoms with van der Waals surface area (Å²) in [5.41, 5.74) is 2.40. The lowest BCUT2D eigenvalue weighted by Crippen LogP contribution is -2.22. The zero-order valence-electron chi connectivity index (χ0n) is 15.7. The fraction of sp³-hybridized carbons (Fsp3) is 0.250. The molecule has 1 amide bonds. The average molecular weight is 388 g/mol. The molecule has 144 valence electrons. The number of rotatable bonds is 8. The van der Waals surface area contributed by atoms with Crippen molar-refractivity contribution in [3.8, 4) is 0 Å². The Morgan fingerprint density at radius 1 is 1.15 bits per heavy atom. The number of nitrogens with one attached hydrogen (secondary N) is 1. The second kappa shape index (κ2) is 9.45. The van der Waals surface area contributed by atoms with Crippen molar-refractivity contribution < 1.29 is 17.9 Å². The van der Waals surface area contributed by atoms with E-state index in [2.05, 4.69) is 5.32 Å². The van der Waals surface area contributed by atoms with Gasteiger partial charge in [-0.1, -0.05) is 24.3 Å². The summed E-state index contributed by atoms with van der Waals surface area (Å²) in [6.45, 7) is 3.06. The molecule has 27 heavy (non-hydrogen) atoms. The minimum Gasteiger partial charge on any atom is -0.377 e. The number of sulfonamides is 1. The number of hydrogen-bond donors (Lipinski definition) is 1. The number of nitrogens with zero attached hydrogens (tertiary/aromatic N) is 1. The zero-order chi connectivity index (χ0) is 19.9. The van der Waals surface area contributed by atoms with Crippen LogP contribution in [0.25, 0.3) is 6.08 Å². The van der Waals surface area contributed by atoms with E-state index in [0.717, 1.165) is 15.4 Å². The highest BCUT2D eigenvalue weighted by Crippen LogP contribution is 2.15. The Hall–Kier alpha value is -2.48. The maximum Gasteiger partial charge on any atom is 0.248 e. The van der Waals surface area contributed by atoms with Crippen molar-refractivity contribution in [2.45, 2.75) is 18.4 Å². The highest BCUT2D eigenvalue weighted by Gasteiger charge is 2.16. The standard InChI is InChI=1S/C20H24N2O4S/c1-4-26-15-17-6-5-7-18(14-17)21-20(23)13-10-16-8-11-19(12-9-16)27(24,25)22(2)3/h5-14H,4,15H2,1-3H3,(H,21,23). The van der Waals surface area contributed by atoms with Gasteiger partial charge in [-0.2, -0.15) is 0 Å². The van der Waals surface area contributed by atoms with Gasteiger partial charge >= 0.3 is 0 Å². The molecule has 1 N–H and O–H groups in total. The van der Waals surface area contributed by atoms with Gasteiger partial charge in [0.25, 0.3) is 0 Å². The first-order chi connectivity index (χ1) is 12.8. The Morgan fingerprint density at radius 2 is 1.85 bits per heavy atom. The van der Waals surface area contributed by atoms with E-state index in [0.29, 0.717) is 18.9 Å². The highest BCUT2D eigenvalue weighted by atomic mass is 32.2. The Bertz CT molecular complexity index is 904.